The van der Waals surface area contributed by atoms with E-state index in [2.05, 4.69) is 5.32 Å². The number of nitro benzene ring substituents is 1. The van der Waals surface area contributed by atoms with Crippen molar-refractivity contribution in [1.29, 1.82) is 0 Å². The second kappa shape index (κ2) is 6.62. The Morgan fingerprint density at radius 1 is 1.24 bits per heavy atom. The molecule has 0 amide bonds. The Kier molecular flexibility index (Phi) is 5.37. The fourth-order valence-electron chi connectivity index (χ4n) is 1.63. The summed E-state index contributed by atoms with van der Waals surface area (Å²) in [6.07, 6.45) is 0. The molecule has 1 rings (SSSR count). The predicted molar refractivity (Wildman–Crippen MR) is 82.5 cm³/mol. The number of nitrogens with zero attached hydrogens (tertiary/aromatic N) is 2. The van der Waals surface area contributed by atoms with Crippen LogP contribution in [0.4, 0.5) is 11.4 Å². The van der Waals surface area contributed by atoms with Gasteiger partial charge in [0.05, 0.1) is 25.2 Å². The summed E-state index contributed by atoms with van der Waals surface area (Å²) in [6.45, 7) is 4.65. The van der Waals surface area contributed by atoms with Gasteiger partial charge >= 0.3 is 0 Å². The maximum Gasteiger partial charge on any atom is 0.296 e. The van der Waals surface area contributed by atoms with Gasteiger partial charge in [0.2, 0.25) is 0 Å². The lowest BCUT2D eigenvalue weighted by Gasteiger charge is -2.33. The summed E-state index contributed by atoms with van der Waals surface area (Å²) in [5.41, 5.74) is 0.218. The largest absolute Gasteiger partial charge is 0.493 e. The van der Waals surface area contributed by atoms with E-state index < -0.39 is 4.92 Å². The maximum atomic E-state index is 11.2. The molecule has 1 N–H and O–H groups in total. The Morgan fingerprint density at radius 3 is 2.19 bits per heavy atom. The Morgan fingerprint density at radius 2 is 1.76 bits per heavy atom. The van der Waals surface area contributed by atoms with Crippen molar-refractivity contribution in [2.75, 3.05) is 40.2 Å². The van der Waals surface area contributed by atoms with Crippen LogP contribution in [0, 0.1) is 10.1 Å². The van der Waals surface area contributed by atoms with Gasteiger partial charge in [0.1, 0.15) is 5.69 Å². The Labute approximate surface area is 125 Å². The van der Waals surface area contributed by atoms with Crippen LogP contribution in [-0.2, 0) is 0 Å². The van der Waals surface area contributed by atoms with Gasteiger partial charge < -0.3 is 19.7 Å². The molecule has 1 aromatic rings. The summed E-state index contributed by atoms with van der Waals surface area (Å²) in [6, 6.07) is 2.95. The standard InChI is InChI=1S/C14H23N3O4/c1-14(2,16(3)4)9-15-10-7-12(20-5)13(21-6)8-11(10)17(18)19/h7-8,15H,9H2,1-6H3. The summed E-state index contributed by atoms with van der Waals surface area (Å²) in [5.74, 6) is 0.787. The van der Waals surface area contributed by atoms with Crippen molar-refractivity contribution in [1.82, 2.24) is 4.90 Å². The minimum atomic E-state index is -0.438. The van der Waals surface area contributed by atoms with Gasteiger partial charge in [-0.1, -0.05) is 0 Å². The van der Waals surface area contributed by atoms with E-state index in [1.165, 1.54) is 20.3 Å². The summed E-state index contributed by atoms with van der Waals surface area (Å²) in [7, 11) is 6.87. The number of anilines is 1. The number of benzene rings is 1. The molecule has 7 heteroatoms. The zero-order chi connectivity index (χ0) is 16.2. The minimum absolute atomic E-state index is 0.0396. The van der Waals surface area contributed by atoms with Crippen LogP contribution in [0.25, 0.3) is 0 Å². The van der Waals surface area contributed by atoms with Crippen LogP contribution in [0.1, 0.15) is 13.8 Å². The Balaban J connectivity index is 3.13. The number of methoxy groups -OCH3 is 2. The SMILES string of the molecule is COc1cc(NCC(C)(C)N(C)C)c([N+](=O)[O-])cc1OC. The summed E-state index contributed by atoms with van der Waals surface area (Å²) < 4.78 is 10.3. The molecule has 1 aromatic carbocycles. The average molecular weight is 297 g/mol. The third kappa shape index (κ3) is 3.98. The average Bonchev–Trinajstić information content (AvgIpc) is 2.43. The monoisotopic (exact) mass is 297 g/mol. The molecule has 0 fully saturated rings. The first kappa shape index (κ1) is 17.0. The van der Waals surface area contributed by atoms with Crippen molar-refractivity contribution >= 4 is 11.4 Å². The number of nitro groups is 1. The lowest BCUT2D eigenvalue weighted by Crippen LogP contribution is -2.44. The second-order valence-corrected chi connectivity index (χ2v) is 5.54. The van der Waals surface area contributed by atoms with Gasteiger partial charge in [0.25, 0.3) is 5.69 Å². The first-order valence-corrected chi connectivity index (χ1v) is 6.54. The fourth-order valence-corrected chi connectivity index (χ4v) is 1.63. The molecular formula is C14H23N3O4. The molecule has 0 atom stereocenters. The molecule has 0 aliphatic carbocycles. The fraction of sp³-hybridized carbons (Fsp3) is 0.571. The Hall–Kier alpha value is -2.02. The molecule has 0 aromatic heterocycles. The van der Waals surface area contributed by atoms with E-state index in [1.807, 2.05) is 32.8 Å². The number of hydrogen-bond donors (Lipinski definition) is 1. The van der Waals surface area contributed by atoms with Crippen LogP contribution in [0.5, 0.6) is 11.5 Å². The van der Waals surface area contributed by atoms with Crippen molar-refractivity contribution in [3.63, 3.8) is 0 Å². The smallest absolute Gasteiger partial charge is 0.296 e. The topological polar surface area (TPSA) is 76.9 Å². The van der Waals surface area contributed by atoms with Crippen molar-refractivity contribution < 1.29 is 14.4 Å². The molecule has 0 saturated heterocycles. The highest BCUT2D eigenvalue weighted by Gasteiger charge is 2.24. The highest BCUT2D eigenvalue weighted by molar-refractivity contribution is 5.68. The van der Waals surface area contributed by atoms with Gasteiger partial charge in [0.15, 0.2) is 11.5 Å². The molecular weight excluding hydrogens is 274 g/mol. The number of nitrogens with one attached hydrogen (secondary N) is 1. The van der Waals surface area contributed by atoms with Gasteiger partial charge in [0, 0.05) is 18.2 Å². The van der Waals surface area contributed by atoms with E-state index in [9.17, 15) is 10.1 Å². The van der Waals surface area contributed by atoms with Crippen LogP contribution in [0.2, 0.25) is 0 Å². The maximum absolute atomic E-state index is 11.2. The highest BCUT2D eigenvalue weighted by atomic mass is 16.6. The van der Waals surface area contributed by atoms with Crippen LogP contribution in [-0.4, -0.2) is 50.2 Å². The molecule has 0 aliphatic heterocycles. The molecule has 118 valence electrons. The second-order valence-electron chi connectivity index (χ2n) is 5.54. The normalized spacial score (nSPS) is 11.4. The number of rotatable bonds is 7. The van der Waals surface area contributed by atoms with Crippen molar-refractivity contribution in [2.45, 2.75) is 19.4 Å². The van der Waals surface area contributed by atoms with E-state index in [0.717, 1.165) is 0 Å². The van der Waals surface area contributed by atoms with Gasteiger partial charge in [-0.2, -0.15) is 0 Å². The van der Waals surface area contributed by atoms with Crippen molar-refractivity contribution in [2.24, 2.45) is 0 Å². The van der Waals surface area contributed by atoms with Crippen LogP contribution >= 0.6 is 0 Å². The first-order valence-electron chi connectivity index (χ1n) is 6.54. The third-order valence-electron chi connectivity index (χ3n) is 3.62. The van der Waals surface area contributed by atoms with Gasteiger partial charge in [-0.3, -0.25) is 10.1 Å². The number of hydrogen-bond acceptors (Lipinski definition) is 6. The molecule has 0 bridgehead atoms. The molecule has 7 nitrogen and oxygen atoms in total. The predicted octanol–water partition coefficient (Wildman–Crippen LogP) is 2.36. The van der Waals surface area contributed by atoms with Crippen molar-refractivity contribution in [3.8, 4) is 11.5 Å². The van der Waals surface area contributed by atoms with Crippen molar-refractivity contribution in [3.05, 3.63) is 22.2 Å². The van der Waals surface area contributed by atoms with E-state index in [1.54, 1.807) is 6.07 Å². The molecule has 0 radical (unpaired) electrons. The highest BCUT2D eigenvalue weighted by Crippen LogP contribution is 2.37. The molecule has 0 spiro atoms. The molecule has 21 heavy (non-hydrogen) atoms. The number of ether oxygens (including phenoxy) is 2. The summed E-state index contributed by atoms with van der Waals surface area (Å²) in [4.78, 5) is 12.8. The zero-order valence-corrected chi connectivity index (χ0v) is 13.4. The van der Waals surface area contributed by atoms with E-state index in [4.69, 9.17) is 9.47 Å². The summed E-state index contributed by atoms with van der Waals surface area (Å²) >= 11 is 0. The molecule has 0 saturated carbocycles. The van der Waals surface area contributed by atoms with E-state index in [-0.39, 0.29) is 11.2 Å². The molecule has 0 aliphatic rings. The molecule has 0 unspecified atom stereocenters. The lowest BCUT2D eigenvalue weighted by molar-refractivity contribution is -0.384. The summed E-state index contributed by atoms with van der Waals surface area (Å²) in [5, 5.41) is 14.3. The van der Waals surface area contributed by atoms with Gasteiger partial charge in [-0.05, 0) is 27.9 Å². The van der Waals surface area contributed by atoms with Gasteiger partial charge in [-0.15, -0.1) is 0 Å². The van der Waals surface area contributed by atoms with Crippen LogP contribution in [0.3, 0.4) is 0 Å². The Bertz CT molecular complexity index is 515. The zero-order valence-electron chi connectivity index (χ0n) is 13.4. The minimum Gasteiger partial charge on any atom is -0.493 e. The van der Waals surface area contributed by atoms with E-state index in [0.29, 0.717) is 23.7 Å². The van der Waals surface area contributed by atoms with Crippen LogP contribution < -0.4 is 14.8 Å². The quantitative estimate of drug-likeness (QED) is 0.615. The van der Waals surface area contributed by atoms with Gasteiger partial charge in [-0.25, -0.2) is 0 Å². The first-order chi connectivity index (χ1) is 9.72. The third-order valence-corrected chi connectivity index (χ3v) is 3.62. The number of likely N-dealkylation sites (N-methyl/N-ethyl adjacent to an activating group) is 1. The lowest BCUT2D eigenvalue weighted by atomic mass is 10.0. The van der Waals surface area contributed by atoms with E-state index >= 15 is 0 Å². The van der Waals surface area contributed by atoms with Crippen LogP contribution in [0.15, 0.2) is 12.1 Å². The molecule has 0 heterocycles.